The Kier molecular flexibility index (Phi) is 7.67. The second-order valence-corrected chi connectivity index (χ2v) is 11.1. The number of fused-ring (bicyclic) bond motifs is 1. The Labute approximate surface area is 229 Å². The number of likely N-dealkylation sites (tertiary alicyclic amines) is 2. The zero-order valence-corrected chi connectivity index (χ0v) is 22.5. The number of halogens is 1. The first kappa shape index (κ1) is 26.2. The van der Waals surface area contributed by atoms with E-state index in [9.17, 15) is 19.2 Å². The van der Waals surface area contributed by atoms with E-state index in [0.717, 1.165) is 10.4 Å². The number of hydrogen-bond acceptors (Lipinski definition) is 6. The van der Waals surface area contributed by atoms with Crippen molar-refractivity contribution in [3.05, 3.63) is 70.5 Å². The summed E-state index contributed by atoms with van der Waals surface area (Å²) in [4.78, 5) is 55.5. The van der Waals surface area contributed by atoms with Gasteiger partial charge in [-0.15, -0.1) is 11.3 Å². The third-order valence-corrected chi connectivity index (χ3v) is 8.31. The molecule has 38 heavy (non-hydrogen) atoms. The molecule has 2 aromatic heterocycles. The van der Waals surface area contributed by atoms with E-state index in [4.69, 9.17) is 16.0 Å². The number of benzene rings is 1. The van der Waals surface area contributed by atoms with Crippen LogP contribution in [-0.2, 0) is 9.59 Å². The fourth-order valence-corrected chi connectivity index (χ4v) is 6.10. The maximum absolute atomic E-state index is 13.1. The van der Waals surface area contributed by atoms with E-state index in [1.165, 1.54) is 17.0 Å². The zero-order chi connectivity index (χ0) is 26.8. The van der Waals surface area contributed by atoms with Crippen LogP contribution in [0.2, 0.25) is 5.22 Å². The number of rotatable bonds is 8. The number of carbonyl (C=O) groups excluding carboxylic acids is 4. The van der Waals surface area contributed by atoms with Crippen LogP contribution in [0.15, 0.2) is 58.3 Å². The van der Waals surface area contributed by atoms with Gasteiger partial charge in [0.15, 0.2) is 16.8 Å². The molecule has 3 atom stereocenters. The van der Waals surface area contributed by atoms with Gasteiger partial charge in [-0.3, -0.25) is 19.2 Å². The number of nitrogens with zero attached hydrogens (tertiary/aromatic N) is 2. The minimum Gasteiger partial charge on any atom is -0.440 e. The summed E-state index contributed by atoms with van der Waals surface area (Å²) < 4.78 is 5.22. The van der Waals surface area contributed by atoms with Crippen LogP contribution in [0.3, 0.4) is 0 Å². The Bertz CT molecular complexity index is 1340. The molecule has 2 aliphatic heterocycles. The SMILES string of the molecule is CC(CCNC(=O)c1ccc(-c2cccs2)cc1)CC(=O)N1CCC2C1C(=O)CN2C(=O)c1ccc(Cl)o1. The lowest BCUT2D eigenvalue weighted by Gasteiger charge is -2.25. The van der Waals surface area contributed by atoms with E-state index in [1.54, 1.807) is 16.2 Å². The van der Waals surface area contributed by atoms with E-state index >= 15 is 0 Å². The number of carbonyl (C=O) groups is 4. The molecule has 3 amide bonds. The molecule has 3 aromatic rings. The van der Waals surface area contributed by atoms with Gasteiger partial charge in [-0.2, -0.15) is 0 Å². The van der Waals surface area contributed by atoms with E-state index in [0.29, 0.717) is 31.5 Å². The molecule has 2 saturated heterocycles. The highest BCUT2D eigenvalue weighted by atomic mass is 35.5. The zero-order valence-electron chi connectivity index (χ0n) is 20.9. The highest BCUT2D eigenvalue weighted by Crippen LogP contribution is 2.32. The minimum absolute atomic E-state index is 0.0163. The molecule has 0 radical (unpaired) electrons. The highest BCUT2D eigenvalue weighted by Gasteiger charge is 2.51. The number of furan rings is 1. The number of thiophene rings is 1. The Morgan fingerprint density at radius 1 is 1.13 bits per heavy atom. The second kappa shape index (κ2) is 11.1. The van der Waals surface area contributed by atoms with Crippen LogP contribution in [-0.4, -0.2) is 65.0 Å². The summed E-state index contributed by atoms with van der Waals surface area (Å²) in [6.07, 6.45) is 1.44. The third-order valence-electron chi connectivity index (χ3n) is 7.19. The molecule has 10 heteroatoms. The summed E-state index contributed by atoms with van der Waals surface area (Å²) in [5.74, 6) is -0.689. The Balaban J connectivity index is 1.09. The first-order valence-corrected chi connectivity index (χ1v) is 13.9. The van der Waals surface area contributed by atoms with Gasteiger partial charge in [0.05, 0.1) is 12.6 Å². The normalized spacial score (nSPS) is 19.5. The molecule has 1 aromatic carbocycles. The first-order valence-electron chi connectivity index (χ1n) is 12.6. The maximum atomic E-state index is 13.1. The summed E-state index contributed by atoms with van der Waals surface area (Å²) in [6.45, 7) is 2.78. The van der Waals surface area contributed by atoms with Crippen molar-refractivity contribution in [3.63, 3.8) is 0 Å². The van der Waals surface area contributed by atoms with Crippen molar-refractivity contribution < 1.29 is 23.6 Å². The number of amides is 3. The summed E-state index contributed by atoms with van der Waals surface area (Å²) in [6, 6.07) is 13.5. The average molecular weight is 554 g/mol. The van der Waals surface area contributed by atoms with Gasteiger partial charge in [0.1, 0.15) is 6.04 Å². The van der Waals surface area contributed by atoms with E-state index < -0.39 is 11.9 Å². The molecule has 5 rings (SSSR count). The topological polar surface area (TPSA) is 99.9 Å². The van der Waals surface area contributed by atoms with Crippen LogP contribution >= 0.6 is 22.9 Å². The monoisotopic (exact) mass is 553 g/mol. The lowest BCUT2D eigenvalue weighted by atomic mass is 10.0. The molecule has 2 aliphatic rings. The molecule has 3 unspecified atom stereocenters. The summed E-state index contributed by atoms with van der Waals surface area (Å²) >= 11 is 7.44. The van der Waals surface area contributed by atoms with Crippen molar-refractivity contribution >= 4 is 46.4 Å². The number of ketones is 1. The van der Waals surface area contributed by atoms with Crippen LogP contribution in [0.25, 0.3) is 10.4 Å². The minimum atomic E-state index is -0.624. The molecule has 0 aliphatic carbocycles. The summed E-state index contributed by atoms with van der Waals surface area (Å²) in [7, 11) is 0. The predicted octanol–water partition coefficient (Wildman–Crippen LogP) is 4.50. The van der Waals surface area contributed by atoms with Gasteiger partial charge in [0.25, 0.3) is 11.8 Å². The molecule has 8 nitrogen and oxygen atoms in total. The quantitative estimate of drug-likeness (QED) is 0.443. The van der Waals surface area contributed by atoms with Crippen molar-refractivity contribution in [3.8, 4) is 10.4 Å². The third kappa shape index (κ3) is 5.39. The van der Waals surface area contributed by atoms with Crippen LogP contribution in [0.5, 0.6) is 0 Å². The van der Waals surface area contributed by atoms with Crippen molar-refractivity contribution in [1.82, 2.24) is 15.1 Å². The van der Waals surface area contributed by atoms with E-state index in [-0.39, 0.29) is 53.5 Å². The molecule has 198 valence electrons. The standard InChI is InChI=1S/C28H28ClN3O5S/c1-17(10-12-30-27(35)19-6-4-18(5-7-19)23-3-2-14-38-23)15-25(34)31-13-11-20-26(31)21(33)16-32(20)28(36)22-8-9-24(29)37-22/h2-9,14,17,20,26H,10-13,15-16H2,1H3,(H,30,35). The summed E-state index contributed by atoms with van der Waals surface area (Å²) in [5, 5.41) is 5.05. The van der Waals surface area contributed by atoms with Crippen LogP contribution < -0.4 is 5.32 Å². The van der Waals surface area contributed by atoms with Gasteiger partial charge in [-0.05, 0) is 71.6 Å². The van der Waals surface area contributed by atoms with Crippen molar-refractivity contribution in [2.24, 2.45) is 5.92 Å². The lowest BCUT2D eigenvalue weighted by Crippen LogP contribution is -2.44. The molecule has 0 spiro atoms. The molecule has 0 bridgehead atoms. The Morgan fingerprint density at radius 2 is 1.92 bits per heavy atom. The molecular formula is C28H28ClN3O5S. The molecule has 4 heterocycles. The maximum Gasteiger partial charge on any atom is 0.290 e. The van der Waals surface area contributed by atoms with E-state index in [1.807, 2.05) is 48.7 Å². The molecule has 2 fully saturated rings. The Morgan fingerprint density at radius 3 is 2.61 bits per heavy atom. The van der Waals surface area contributed by atoms with Crippen molar-refractivity contribution in [1.29, 1.82) is 0 Å². The average Bonchev–Trinajstić information content (AvgIpc) is 3.70. The van der Waals surface area contributed by atoms with Gasteiger partial charge in [-0.25, -0.2) is 0 Å². The van der Waals surface area contributed by atoms with Crippen molar-refractivity contribution in [2.45, 2.75) is 38.3 Å². The number of nitrogens with one attached hydrogen (secondary N) is 1. The molecule has 0 saturated carbocycles. The fourth-order valence-electron chi connectivity index (χ4n) is 5.22. The lowest BCUT2D eigenvalue weighted by molar-refractivity contribution is -0.137. The first-order chi connectivity index (χ1) is 18.3. The Hall–Kier alpha value is -3.43. The van der Waals surface area contributed by atoms with Crippen LogP contribution in [0.1, 0.15) is 47.1 Å². The second-order valence-electron chi connectivity index (χ2n) is 9.80. The van der Waals surface area contributed by atoms with Gasteiger partial charge < -0.3 is 19.5 Å². The largest absolute Gasteiger partial charge is 0.440 e. The number of Topliss-reactive ketones (excluding diaryl/α,β-unsaturated/α-hetero) is 1. The van der Waals surface area contributed by atoms with Gasteiger partial charge in [0.2, 0.25) is 5.91 Å². The van der Waals surface area contributed by atoms with Gasteiger partial charge >= 0.3 is 0 Å². The predicted molar refractivity (Wildman–Crippen MR) is 144 cm³/mol. The fraction of sp³-hybridized carbons (Fsp3) is 0.357. The molecular weight excluding hydrogens is 526 g/mol. The van der Waals surface area contributed by atoms with Crippen LogP contribution in [0, 0.1) is 5.92 Å². The molecule has 1 N–H and O–H groups in total. The van der Waals surface area contributed by atoms with E-state index in [2.05, 4.69) is 5.32 Å². The summed E-state index contributed by atoms with van der Waals surface area (Å²) in [5.41, 5.74) is 1.67. The highest BCUT2D eigenvalue weighted by molar-refractivity contribution is 7.13. The smallest absolute Gasteiger partial charge is 0.290 e. The van der Waals surface area contributed by atoms with Gasteiger partial charge in [0, 0.05) is 30.0 Å². The number of hydrogen-bond donors (Lipinski definition) is 1. The van der Waals surface area contributed by atoms with Crippen LogP contribution in [0.4, 0.5) is 0 Å². The van der Waals surface area contributed by atoms with Crippen molar-refractivity contribution in [2.75, 3.05) is 19.6 Å². The van der Waals surface area contributed by atoms with Gasteiger partial charge in [-0.1, -0.05) is 25.1 Å².